The van der Waals surface area contributed by atoms with Crippen LogP contribution < -0.4 is 5.32 Å². The second-order valence-corrected chi connectivity index (χ2v) is 7.26. The molecule has 4 rings (SSSR count). The Labute approximate surface area is 180 Å². The molecule has 0 radical (unpaired) electrons. The molecule has 3 aromatic carbocycles. The van der Waals surface area contributed by atoms with Crippen LogP contribution in [-0.2, 0) is 9.53 Å². The number of pyridine rings is 1. The Morgan fingerprint density at radius 3 is 2.43 bits per heavy atom. The molecule has 150 valence electrons. The molecule has 4 aromatic rings. The van der Waals surface area contributed by atoms with E-state index in [0.717, 1.165) is 33.4 Å². The Kier molecular flexibility index (Phi) is 5.96. The number of hydrogen-bond acceptors (Lipinski definition) is 4. The largest absolute Gasteiger partial charge is 0.464 e. The Hall–Kier alpha value is -3.37. The van der Waals surface area contributed by atoms with Crippen LogP contribution in [0.3, 0.4) is 0 Å². The van der Waals surface area contributed by atoms with Crippen molar-refractivity contribution in [1.82, 2.24) is 4.98 Å². The summed E-state index contributed by atoms with van der Waals surface area (Å²) in [6.07, 6.45) is 0. The summed E-state index contributed by atoms with van der Waals surface area (Å²) in [5.74, 6) is -0.322. The number of carbonyl (C=O) groups is 1. The fourth-order valence-electron chi connectivity index (χ4n) is 3.37. The number of aromatic nitrogens is 1. The number of esters is 1. The lowest BCUT2D eigenvalue weighted by Crippen LogP contribution is -2.23. The number of anilines is 1. The summed E-state index contributed by atoms with van der Waals surface area (Å²) in [7, 11) is 0. The lowest BCUT2D eigenvalue weighted by atomic mass is 10.0. The molecule has 0 spiro atoms. The molecule has 0 aliphatic rings. The third-order valence-electron chi connectivity index (χ3n) is 4.81. The molecule has 0 saturated heterocycles. The molecule has 1 heterocycles. The van der Waals surface area contributed by atoms with Crippen LogP contribution in [0.1, 0.15) is 18.5 Å². The van der Waals surface area contributed by atoms with Gasteiger partial charge in [0.2, 0.25) is 0 Å². The van der Waals surface area contributed by atoms with E-state index in [1.807, 2.05) is 84.9 Å². The highest BCUT2D eigenvalue weighted by molar-refractivity contribution is 6.30. The van der Waals surface area contributed by atoms with Gasteiger partial charge in [0.15, 0.2) is 6.04 Å². The third-order valence-corrected chi connectivity index (χ3v) is 5.06. The molecule has 0 bridgehead atoms. The molecular weight excluding hydrogens is 396 g/mol. The normalized spacial score (nSPS) is 11.8. The Morgan fingerprint density at radius 1 is 1.00 bits per heavy atom. The van der Waals surface area contributed by atoms with Crippen LogP contribution in [0.4, 0.5) is 5.69 Å². The van der Waals surface area contributed by atoms with Crippen molar-refractivity contribution in [3.05, 3.63) is 95.5 Å². The predicted molar refractivity (Wildman–Crippen MR) is 122 cm³/mol. The van der Waals surface area contributed by atoms with Crippen molar-refractivity contribution >= 4 is 34.2 Å². The topological polar surface area (TPSA) is 51.2 Å². The highest BCUT2D eigenvalue weighted by atomic mass is 35.5. The van der Waals surface area contributed by atoms with Crippen LogP contribution >= 0.6 is 11.6 Å². The van der Waals surface area contributed by atoms with E-state index in [0.29, 0.717) is 11.6 Å². The van der Waals surface area contributed by atoms with Crippen molar-refractivity contribution in [3.63, 3.8) is 0 Å². The zero-order valence-corrected chi connectivity index (χ0v) is 17.3. The van der Waals surface area contributed by atoms with Crippen LogP contribution in [0.25, 0.3) is 22.2 Å². The summed E-state index contributed by atoms with van der Waals surface area (Å²) < 4.78 is 5.34. The van der Waals surface area contributed by atoms with Crippen LogP contribution in [0.15, 0.2) is 84.9 Å². The molecule has 1 atom stereocenters. The minimum atomic E-state index is -0.630. The van der Waals surface area contributed by atoms with Gasteiger partial charge in [-0.2, -0.15) is 0 Å². The fraction of sp³-hybridized carbons (Fsp3) is 0.120. The number of nitrogens with one attached hydrogen (secondary N) is 1. The summed E-state index contributed by atoms with van der Waals surface area (Å²) in [5.41, 5.74) is 4.23. The minimum absolute atomic E-state index is 0.316. The van der Waals surface area contributed by atoms with Crippen molar-refractivity contribution < 1.29 is 9.53 Å². The predicted octanol–water partition coefficient (Wildman–Crippen LogP) is 6.27. The number of halogens is 1. The standard InChI is InChI=1S/C25H21ClN2O2/c1-2-30-25(29)24(18-8-4-3-5-9-18)28-23-16-22(17-12-14-19(26)15-13-17)27-21-11-7-6-10-20(21)23/h3-16,24H,2H2,1H3,(H,27,28). The monoisotopic (exact) mass is 416 g/mol. The summed E-state index contributed by atoms with van der Waals surface area (Å²) in [5, 5.41) is 5.01. The van der Waals surface area contributed by atoms with Gasteiger partial charge < -0.3 is 10.1 Å². The van der Waals surface area contributed by atoms with Crippen LogP contribution in [-0.4, -0.2) is 17.6 Å². The zero-order valence-electron chi connectivity index (χ0n) is 16.5. The second kappa shape index (κ2) is 8.97. The van der Waals surface area contributed by atoms with E-state index in [1.54, 1.807) is 6.92 Å². The number of benzene rings is 3. The molecule has 4 nitrogen and oxygen atoms in total. The van der Waals surface area contributed by atoms with Crippen molar-refractivity contribution in [1.29, 1.82) is 0 Å². The molecule has 0 fully saturated rings. The van der Waals surface area contributed by atoms with Gasteiger partial charge in [0.1, 0.15) is 0 Å². The number of rotatable bonds is 6. The second-order valence-electron chi connectivity index (χ2n) is 6.82. The Balaban J connectivity index is 1.81. The first-order valence-electron chi connectivity index (χ1n) is 9.79. The molecular formula is C25H21ClN2O2. The number of para-hydroxylation sites is 1. The molecule has 1 unspecified atom stereocenters. The maximum Gasteiger partial charge on any atom is 0.333 e. The Morgan fingerprint density at radius 2 is 1.70 bits per heavy atom. The van der Waals surface area contributed by atoms with Crippen molar-refractivity contribution in [2.24, 2.45) is 0 Å². The lowest BCUT2D eigenvalue weighted by molar-refractivity contribution is -0.144. The minimum Gasteiger partial charge on any atom is -0.464 e. The van der Waals surface area contributed by atoms with E-state index < -0.39 is 6.04 Å². The molecule has 1 N–H and O–H groups in total. The van der Waals surface area contributed by atoms with Crippen molar-refractivity contribution in [2.75, 3.05) is 11.9 Å². The summed E-state index contributed by atoms with van der Waals surface area (Å²) in [6, 6.07) is 26.3. The van der Waals surface area contributed by atoms with Crippen molar-refractivity contribution in [2.45, 2.75) is 13.0 Å². The number of hydrogen-bond donors (Lipinski definition) is 1. The maximum atomic E-state index is 12.8. The average molecular weight is 417 g/mol. The summed E-state index contributed by atoms with van der Waals surface area (Å²) in [4.78, 5) is 17.6. The van der Waals surface area contributed by atoms with Gasteiger partial charge in [0.05, 0.1) is 17.8 Å². The Bertz CT molecular complexity index is 1160. The van der Waals surface area contributed by atoms with E-state index in [4.69, 9.17) is 21.3 Å². The van der Waals surface area contributed by atoms with Gasteiger partial charge in [-0.1, -0.05) is 72.3 Å². The van der Waals surface area contributed by atoms with Gasteiger partial charge in [-0.05, 0) is 36.8 Å². The van der Waals surface area contributed by atoms with Gasteiger partial charge in [-0.15, -0.1) is 0 Å². The maximum absolute atomic E-state index is 12.8. The van der Waals surface area contributed by atoms with Gasteiger partial charge in [-0.25, -0.2) is 9.78 Å². The van der Waals surface area contributed by atoms with E-state index in [1.165, 1.54) is 0 Å². The van der Waals surface area contributed by atoms with Crippen molar-refractivity contribution in [3.8, 4) is 11.3 Å². The van der Waals surface area contributed by atoms with E-state index in [2.05, 4.69) is 5.32 Å². The SMILES string of the molecule is CCOC(=O)C(Nc1cc(-c2ccc(Cl)cc2)nc2ccccc12)c1ccccc1. The molecule has 0 aliphatic carbocycles. The van der Waals surface area contributed by atoms with Crippen LogP contribution in [0.2, 0.25) is 5.02 Å². The molecule has 0 amide bonds. The number of carbonyl (C=O) groups excluding carboxylic acids is 1. The number of fused-ring (bicyclic) bond motifs is 1. The summed E-state index contributed by atoms with van der Waals surface area (Å²) >= 11 is 6.04. The molecule has 0 aliphatic heterocycles. The van der Waals surface area contributed by atoms with Gasteiger partial charge in [-0.3, -0.25) is 0 Å². The van der Waals surface area contributed by atoms with Gasteiger partial charge >= 0.3 is 5.97 Å². The average Bonchev–Trinajstić information content (AvgIpc) is 2.78. The molecule has 30 heavy (non-hydrogen) atoms. The van der Waals surface area contributed by atoms with E-state index in [9.17, 15) is 4.79 Å². The van der Waals surface area contributed by atoms with Crippen LogP contribution in [0.5, 0.6) is 0 Å². The number of ether oxygens (including phenoxy) is 1. The first-order chi connectivity index (χ1) is 14.7. The van der Waals surface area contributed by atoms with Crippen LogP contribution in [0, 0.1) is 0 Å². The van der Waals surface area contributed by atoms with E-state index in [-0.39, 0.29) is 5.97 Å². The first-order valence-corrected chi connectivity index (χ1v) is 10.2. The van der Waals surface area contributed by atoms with Gasteiger partial charge in [0, 0.05) is 21.7 Å². The highest BCUT2D eigenvalue weighted by Gasteiger charge is 2.23. The van der Waals surface area contributed by atoms with Gasteiger partial charge in [0.25, 0.3) is 0 Å². The lowest BCUT2D eigenvalue weighted by Gasteiger charge is -2.20. The highest BCUT2D eigenvalue weighted by Crippen LogP contribution is 2.31. The first kappa shape index (κ1) is 19.9. The smallest absolute Gasteiger partial charge is 0.333 e. The van der Waals surface area contributed by atoms with E-state index >= 15 is 0 Å². The summed E-state index contributed by atoms with van der Waals surface area (Å²) in [6.45, 7) is 2.12. The molecule has 5 heteroatoms. The zero-order chi connectivity index (χ0) is 20.9. The third kappa shape index (κ3) is 4.29. The fourth-order valence-corrected chi connectivity index (χ4v) is 3.49. The quantitative estimate of drug-likeness (QED) is 0.376. The molecule has 1 aromatic heterocycles. The molecule has 0 saturated carbocycles. The number of nitrogens with zero attached hydrogens (tertiary/aromatic N) is 1.